The van der Waals surface area contributed by atoms with Crippen LogP contribution >= 0.6 is 0 Å². The number of carbonyl (C=O) groups is 1. The van der Waals surface area contributed by atoms with Gasteiger partial charge in [-0.15, -0.1) is 0 Å². The van der Waals surface area contributed by atoms with E-state index >= 15 is 0 Å². The van der Waals surface area contributed by atoms with Gasteiger partial charge in [0.25, 0.3) is 5.91 Å². The van der Waals surface area contributed by atoms with Gasteiger partial charge in [0.2, 0.25) is 0 Å². The third kappa shape index (κ3) is 2.71. The molecule has 1 aliphatic rings. The Morgan fingerprint density at radius 1 is 1.25 bits per heavy atom. The van der Waals surface area contributed by atoms with E-state index in [2.05, 4.69) is 24.5 Å². The lowest BCUT2D eigenvalue weighted by Gasteiger charge is -2.10. The molecule has 2 rings (SSSR count). The molecule has 0 unspecified atom stereocenters. The van der Waals surface area contributed by atoms with Crippen LogP contribution in [-0.4, -0.2) is 26.7 Å². The highest BCUT2D eigenvalue weighted by atomic mass is 16.5. The van der Waals surface area contributed by atoms with Gasteiger partial charge in [0.05, 0.1) is 25.5 Å². The number of carbonyl (C=O) groups excluding carboxylic acids is 1. The van der Waals surface area contributed by atoms with Crippen molar-refractivity contribution < 1.29 is 14.3 Å². The van der Waals surface area contributed by atoms with Crippen LogP contribution in [0.2, 0.25) is 0 Å². The van der Waals surface area contributed by atoms with Crippen molar-refractivity contribution in [1.29, 1.82) is 0 Å². The number of ether oxygens (including phenoxy) is 2. The number of fused-ring (bicyclic) bond motifs is 1. The number of nitrogens with one attached hydrogen (secondary N) is 2. The van der Waals surface area contributed by atoms with Crippen molar-refractivity contribution in [3.8, 4) is 11.5 Å². The van der Waals surface area contributed by atoms with Gasteiger partial charge in [-0.1, -0.05) is 13.8 Å². The zero-order valence-corrected chi connectivity index (χ0v) is 12.2. The van der Waals surface area contributed by atoms with Crippen molar-refractivity contribution in [3.05, 3.63) is 23.9 Å². The first-order valence-electron chi connectivity index (χ1n) is 6.58. The molecule has 1 aromatic carbocycles. The molecule has 0 saturated carbocycles. The summed E-state index contributed by atoms with van der Waals surface area (Å²) >= 11 is 0. The third-order valence-corrected chi connectivity index (χ3v) is 3.08. The number of hydrogen-bond acceptors (Lipinski definition) is 4. The summed E-state index contributed by atoms with van der Waals surface area (Å²) in [6, 6.07) is 3.59. The summed E-state index contributed by atoms with van der Waals surface area (Å²) in [7, 11) is 3.15. The van der Waals surface area contributed by atoms with Gasteiger partial charge in [-0.2, -0.15) is 0 Å². The predicted molar refractivity (Wildman–Crippen MR) is 79.0 cm³/mol. The van der Waals surface area contributed by atoms with Crippen molar-refractivity contribution in [2.75, 3.05) is 26.1 Å². The molecule has 0 spiro atoms. The van der Waals surface area contributed by atoms with E-state index in [4.69, 9.17) is 9.47 Å². The van der Waals surface area contributed by atoms with Crippen LogP contribution in [0.3, 0.4) is 0 Å². The fraction of sp³-hybridized carbons (Fsp3) is 0.400. The van der Waals surface area contributed by atoms with E-state index in [0.717, 1.165) is 17.8 Å². The average Bonchev–Trinajstić information content (AvgIpc) is 2.72. The van der Waals surface area contributed by atoms with Crippen LogP contribution in [0.25, 0.3) is 5.57 Å². The monoisotopic (exact) mass is 276 g/mol. The molecule has 1 amide bonds. The molecule has 5 heteroatoms. The Hall–Kier alpha value is -2.17. The summed E-state index contributed by atoms with van der Waals surface area (Å²) in [5, 5.41) is 6.00. The van der Waals surface area contributed by atoms with E-state index in [0.29, 0.717) is 23.0 Å². The number of amides is 1. The summed E-state index contributed by atoms with van der Waals surface area (Å²) in [6.45, 7) is 5.05. The van der Waals surface area contributed by atoms with E-state index in [1.165, 1.54) is 0 Å². The molecule has 0 atom stereocenters. The molecular weight excluding hydrogens is 256 g/mol. The van der Waals surface area contributed by atoms with Crippen LogP contribution in [0.4, 0.5) is 5.69 Å². The SMILES string of the molecule is COc1cc2c(cc1OC)C(=CNCC(C)C)C(=O)N2. The van der Waals surface area contributed by atoms with Crippen LogP contribution in [0, 0.1) is 5.92 Å². The number of hydrogen-bond donors (Lipinski definition) is 2. The van der Waals surface area contributed by atoms with Crippen molar-refractivity contribution in [1.82, 2.24) is 5.32 Å². The van der Waals surface area contributed by atoms with Gasteiger partial charge in [-0.3, -0.25) is 4.79 Å². The zero-order valence-electron chi connectivity index (χ0n) is 12.2. The van der Waals surface area contributed by atoms with E-state index in [9.17, 15) is 4.79 Å². The van der Waals surface area contributed by atoms with Crippen molar-refractivity contribution in [3.63, 3.8) is 0 Å². The number of anilines is 1. The van der Waals surface area contributed by atoms with Crippen LogP contribution in [0.1, 0.15) is 19.4 Å². The summed E-state index contributed by atoms with van der Waals surface area (Å²) < 4.78 is 10.5. The van der Waals surface area contributed by atoms with Crippen molar-refractivity contribution in [2.45, 2.75) is 13.8 Å². The first kappa shape index (κ1) is 14.2. The molecule has 0 fully saturated rings. The molecule has 20 heavy (non-hydrogen) atoms. The van der Waals surface area contributed by atoms with Gasteiger partial charge < -0.3 is 20.1 Å². The Kier molecular flexibility index (Phi) is 4.17. The highest BCUT2D eigenvalue weighted by Crippen LogP contribution is 2.40. The Balaban J connectivity index is 2.34. The quantitative estimate of drug-likeness (QED) is 0.810. The summed E-state index contributed by atoms with van der Waals surface area (Å²) in [5.41, 5.74) is 2.18. The van der Waals surface area contributed by atoms with Gasteiger partial charge in [0.1, 0.15) is 0 Å². The number of methoxy groups -OCH3 is 2. The molecule has 108 valence electrons. The van der Waals surface area contributed by atoms with Gasteiger partial charge in [-0.25, -0.2) is 0 Å². The normalized spacial score (nSPS) is 15.2. The minimum absolute atomic E-state index is 0.119. The minimum Gasteiger partial charge on any atom is -0.493 e. The Bertz CT molecular complexity index is 550. The number of rotatable bonds is 5. The standard InChI is InChI=1S/C15H20N2O3/c1-9(2)7-16-8-11-10-5-13(19-3)14(20-4)6-12(10)17-15(11)18/h5-6,8-9,16H,7H2,1-4H3,(H,17,18). The Labute approximate surface area is 119 Å². The smallest absolute Gasteiger partial charge is 0.257 e. The first-order chi connectivity index (χ1) is 9.56. The van der Waals surface area contributed by atoms with Crippen LogP contribution in [-0.2, 0) is 4.79 Å². The Morgan fingerprint density at radius 3 is 2.50 bits per heavy atom. The lowest BCUT2D eigenvalue weighted by atomic mass is 10.1. The van der Waals surface area contributed by atoms with Gasteiger partial charge >= 0.3 is 0 Å². The van der Waals surface area contributed by atoms with E-state index < -0.39 is 0 Å². The highest BCUT2D eigenvalue weighted by Gasteiger charge is 2.26. The predicted octanol–water partition coefficient (Wildman–Crippen LogP) is 2.24. The Morgan fingerprint density at radius 2 is 1.90 bits per heavy atom. The molecule has 0 radical (unpaired) electrons. The van der Waals surface area contributed by atoms with Crippen LogP contribution < -0.4 is 20.1 Å². The number of benzene rings is 1. The summed E-state index contributed by atoms with van der Waals surface area (Å²) in [6.07, 6.45) is 1.76. The molecule has 0 saturated heterocycles. The fourth-order valence-electron chi connectivity index (χ4n) is 2.06. The molecular formula is C15H20N2O3. The van der Waals surface area contributed by atoms with E-state index in [-0.39, 0.29) is 5.91 Å². The maximum Gasteiger partial charge on any atom is 0.257 e. The van der Waals surface area contributed by atoms with Crippen molar-refractivity contribution >= 4 is 17.2 Å². The minimum atomic E-state index is -0.119. The molecule has 2 N–H and O–H groups in total. The van der Waals surface area contributed by atoms with E-state index in [1.54, 1.807) is 26.5 Å². The molecule has 5 nitrogen and oxygen atoms in total. The lowest BCUT2D eigenvalue weighted by Crippen LogP contribution is -2.15. The second-order valence-electron chi connectivity index (χ2n) is 5.07. The topological polar surface area (TPSA) is 59.6 Å². The third-order valence-electron chi connectivity index (χ3n) is 3.08. The largest absolute Gasteiger partial charge is 0.493 e. The highest BCUT2D eigenvalue weighted by molar-refractivity contribution is 6.31. The van der Waals surface area contributed by atoms with Crippen LogP contribution in [0.5, 0.6) is 11.5 Å². The first-order valence-corrected chi connectivity index (χ1v) is 6.58. The van der Waals surface area contributed by atoms with Gasteiger partial charge in [0, 0.05) is 24.4 Å². The maximum absolute atomic E-state index is 12.0. The van der Waals surface area contributed by atoms with Crippen LogP contribution in [0.15, 0.2) is 18.3 Å². The van der Waals surface area contributed by atoms with Gasteiger partial charge in [0.15, 0.2) is 11.5 Å². The second-order valence-corrected chi connectivity index (χ2v) is 5.07. The van der Waals surface area contributed by atoms with E-state index in [1.807, 2.05) is 6.07 Å². The maximum atomic E-state index is 12.0. The molecule has 0 bridgehead atoms. The molecule has 1 aliphatic heterocycles. The molecule has 1 aromatic rings. The van der Waals surface area contributed by atoms with Crippen molar-refractivity contribution in [2.24, 2.45) is 5.92 Å². The van der Waals surface area contributed by atoms with Gasteiger partial charge in [-0.05, 0) is 12.0 Å². The average molecular weight is 276 g/mol. The second kappa shape index (κ2) is 5.86. The fourth-order valence-corrected chi connectivity index (χ4v) is 2.06. The molecule has 0 aromatic heterocycles. The summed E-state index contributed by atoms with van der Waals surface area (Å²) in [5.74, 6) is 1.60. The summed E-state index contributed by atoms with van der Waals surface area (Å²) in [4.78, 5) is 12.0. The zero-order chi connectivity index (χ0) is 14.7. The molecule has 0 aliphatic carbocycles. The molecule has 1 heterocycles. The lowest BCUT2D eigenvalue weighted by molar-refractivity contribution is -0.110.